The molecule has 0 aliphatic rings. The van der Waals surface area contributed by atoms with Crippen LogP contribution in [0.2, 0.25) is 0 Å². The summed E-state index contributed by atoms with van der Waals surface area (Å²) in [6, 6.07) is 6.24. The van der Waals surface area contributed by atoms with E-state index in [9.17, 15) is 8.42 Å². The Labute approximate surface area is 95.2 Å². The molecule has 0 amide bonds. The van der Waals surface area contributed by atoms with Crippen LogP contribution >= 0.6 is 0 Å². The lowest BCUT2D eigenvalue weighted by molar-refractivity contribution is 0.569. The van der Waals surface area contributed by atoms with Crippen LogP contribution in [-0.2, 0) is 15.8 Å². The number of rotatable bonds is 4. The van der Waals surface area contributed by atoms with Crippen LogP contribution in [0.15, 0.2) is 24.3 Å². The van der Waals surface area contributed by atoms with Crippen LogP contribution in [0.1, 0.15) is 19.4 Å². The first-order valence-corrected chi connectivity index (χ1v) is 6.52. The second-order valence-electron chi connectivity index (χ2n) is 3.80. The van der Waals surface area contributed by atoms with Crippen molar-refractivity contribution in [1.82, 2.24) is 4.72 Å². The smallest absolute Gasteiger partial charge is 0.212 e. The van der Waals surface area contributed by atoms with Gasteiger partial charge in [-0.3, -0.25) is 0 Å². The zero-order valence-electron chi connectivity index (χ0n) is 9.21. The summed E-state index contributed by atoms with van der Waals surface area (Å²) in [6.45, 7) is 3.54. The summed E-state index contributed by atoms with van der Waals surface area (Å²) in [5.41, 5.74) is 1.05. The van der Waals surface area contributed by atoms with Gasteiger partial charge in [-0.1, -0.05) is 0 Å². The lowest BCUT2D eigenvalue weighted by atomic mass is 10.2. The molecule has 1 N–H and O–H groups in total. The molecule has 0 aliphatic heterocycles. The third kappa shape index (κ3) is 3.96. The summed E-state index contributed by atoms with van der Waals surface area (Å²) < 4.78 is 25.7. The molecule has 6 heteroatoms. The van der Waals surface area contributed by atoms with Gasteiger partial charge in [-0.05, 0) is 31.5 Å². The average Bonchev–Trinajstić information content (AvgIpc) is 2.16. The Kier molecular flexibility index (Phi) is 3.99. The number of nitrogens with zero attached hydrogens (tertiary/aromatic N) is 2. The van der Waals surface area contributed by atoms with E-state index in [1.165, 1.54) is 0 Å². The molecular weight excluding hydrogens is 226 g/mol. The van der Waals surface area contributed by atoms with Gasteiger partial charge in [0.1, 0.15) is 0 Å². The number of hydrogen-bond acceptors (Lipinski definition) is 3. The fourth-order valence-corrected chi connectivity index (χ4v) is 2.71. The van der Waals surface area contributed by atoms with E-state index in [1.807, 2.05) is 0 Å². The Morgan fingerprint density at radius 2 is 1.88 bits per heavy atom. The fraction of sp³-hybridized carbons (Fsp3) is 0.400. The zero-order chi connectivity index (χ0) is 12.2. The van der Waals surface area contributed by atoms with Crippen LogP contribution in [0.25, 0.3) is 4.98 Å². The van der Waals surface area contributed by atoms with Crippen molar-refractivity contribution in [1.29, 1.82) is 5.39 Å². The van der Waals surface area contributed by atoms with Crippen molar-refractivity contribution in [2.24, 2.45) is 0 Å². The average molecular weight is 240 g/mol. The van der Waals surface area contributed by atoms with Crippen LogP contribution in [0.3, 0.4) is 0 Å². The lowest BCUT2D eigenvalue weighted by Crippen LogP contribution is -2.31. The molecule has 0 aromatic heterocycles. The van der Waals surface area contributed by atoms with E-state index in [4.69, 9.17) is 5.39 Å². The van der Waals surface area contributed by atoms with E-state index in [1.54, 1.807) is 38.1 Å². The quantitative estimate of drug-likeness (QED) is 0.818. The van der Waals surface area contributed by atoms with Crippen molar-refractivity contribution in [2.75, 3.05) is 0 Å². The second kappa shape index (κ2) is 5.05. The van der Waals surface area contributed by atoms with Crippen molar-refractivity contribution in [2.45, 2.75) is 25.6 Å². The van der Waals surface area contributed by atoms with Crippen molar-refractivity contribution in [3.05, 3.63) is 34.8 Å². The molecule has 0 radical (unpaired) electrons. The van der Waals surface area contributed by atoms with Gasteiger partial charge in [0, 0.05) is 18.2 Å². The molecule has 5 nitrogen and oxygen atoms in total. The van der Waals surface area contributed by atoms with E-state index >= 15 is 0 Å². The van der Waals surface area contributed by atoms with Crippen LogP contribution in [0.4, 0.5) is 5.69 Å². The van der Waals surface area contributed by atoms with Crippen LogP contribution in [-0.4, -0.2) is 14.5 Å². The maximum atomic E-state index is 11.6. The van der Waals surface area contributed by atoms with Crippen LogP contribution < -0.4 is 4.72 Å². The normalized spacial score (nSPS) is 11.4. The van der Waals surface area contributed by atoms with E-state index in [2.05, 4.69) is 9.70 Å². The van der Waals surface area contributed by atoms with E-state index in [-0.39, 0.29) is 11.8 Å². The van der Waals surface area contributed by atoms with Crippen LogP contribution in [0, 0.1) is 5.39 Å². The Balaban J connectivity index is 2.77. The number of hydrogen-bond donors (Lipinski definition) is 1. The van der Waals surface area contributed by atoms with Gasteiger partial charge in [0.05, 0.1) is 5.75 Å². The van der Waals surface area contributed by atoms with Gasteiger partial charge >= 0.3 is 5.69 Å². The third-order valence-electron chi connectivity index (χ3n) is 1.82. The highest BCUT2D eigenvalue weighted by Crippen LogP contribution is 2.14. The molecule has 0 spiro atoms. The molecule has 0 heterocycles. The first-order chi connectivity index (χ1) is 7.43. The molecule has 0 unspecified atom stereocenters. The Morgan fingerprint density at radius 1 is 1.31 bits per heavy atom. The maximum Gasteiger partial charge on any atom is 0.385 e. The molecular formula is C10H14N3O2S+. The van der Waals surface area contributed by atoms with Gasteiger partial charge in [0.2, 0.25) is 15.4 Å². The van der Waals surface area contributed by atoms with Crippen molar-refractivity contribution >= 4 is 15.7 Å². The molecule has 0 atom stereocenters. The first kappa shape index (κ1) is 12.6. The Hall–Kier alpha value is -1.45. The molecule has 86 valence electrons. The number of diazo groups is 1. The minimum atomic E-state index is -3.30. The third-order valence-corrected chi connectivity index (χ3v) is 3.37. The molecule has 0 saturated heterocycles. The fourth-order valence-electron chi connectivity index (χ4n) is 1.28. The summed E-state index contributed by atoms with van der Waals surface area (Å²) in [5, 5.41) is 8.47. The Bertz CT molecular complexity index is 486. The van der Waals surface area contributed by atoms with Crippen molar-refractivity contribution in [3.8, 4) is 0 Å². The summed E-state index contributed by atoms with van der Waals surface area (Å²) in [4.78, 5) is 2.99. The minimum Gasteiger partial charge on any atom is -0.212 e. The van der Waals surface area contributed by atoms with Gasteiger partial charge in [-0.2, -0.15) is 0 Å². The number of benzene rings is 1. The molecule has 0 aliphatic carbocycles. The van der Waals surface area contributed by atoms with E-state index in [0.717, 1.165) is 0 Å². The van der Waals surface area contributed by atoms with Gasteiger partial charge in [0.25, 0.3) is 0 Å². The molecule has 0 fully saturated rings. The molecule has 0 bridgehead atoms. The van der Waals surface area contributed by atoms with Crippen molar-refractivity contribution in [3.63, 3.8) is 0 Å². The molecule has 0 saturated carbocycles. The first-order valence-electron chi connectivity index (χ1n) is 4.87. The predicted molar refractivity (Wildman–Crippen MR) is 62.1 cm³/mol. The highest BCUT2D eigenvalue weighted by Gasteiger charge is 2.13. The highest BCUT2D eigenvalue weighted by atomic mass is 32.2. The molecule has 1 aromatic rings. The van der Waals surface area contributed by atoms with Crippen molar-refractivity contribution < 1.29 is 8.42 Å². The SMILES string of the molecule is CC(C)NS(=O)(=O)Cc1ccc([N+]#N)cc1. The predicted octanol–water partition coefficient (Wildman–Crippen LogP) is 2.00. The lowest BCUT2D eigenvalue weighted by Gasteiger charge is -2.08. The zero-order valence-corrected chi connectivity index (χ0v) is 10.0. The summed E-state index contributed by atoms with van der Waals surface area (Å²) in [7, 11) is -3.30. The van der Waals surface area contributed by atoms with E-state index < -0.39 is 10.0 Å². The summed E-state index contributed by atoms with van der Waals surface area (Å²) >= 11 is 0. The van der Waals surface area contributed by atoms with Gasteiger partial charge in [0.15, 0.2) is 4.98 Å². The highest BCUT2D eigenvalue weighted by molar-refractivity contribution is 7.88. The molecule has 16 heavy (non-hydrogen) atoms. The number of nitrogens with one attached hydrogen (secondary N) is 1. The molecule has 1 rings (SSSR count). The maximum absolute atomic E-state index is 11.6. The van der Waals surface area contributed by atoms with Gasteiger partial charge in [-0.25, -0.2) is 13.1 Å². The van der Waals surface area contributed by atoms with Crippen LogP contribution in [0.5, 0.6) is 0 Å². The monoisotopic (exact) mass is 240 g/mol. The van der Waals surface area contributed by atoms with Gasteiger partial charge < -0.3 is 0 Å². The molecule has 1 aromatic carbocycles. The second-order valence-corrected chi connectivity index (χ2v) is 5.55. The number of sulfonamides is 1. The Morgan fingerprint density at radius 3 is 2.31 bits per heavy atom. The topological polar surface area (TPSA) is 74.3 Å². The summed E-state index contributed by atoms with van der Waals surface area (Å²) in [6.07, 6.45) is 0. The van der Waals surface area contributed by atoms with E-state index in [0.29, 0.717) is 11.3 Å². The minimum absolute atomic E-state index is 0.0725. The largest absolute Gasteiger partial charge is 0.385 e. The standard InChI is InChI=1S/C10H14N3O2S/c1-8(2)13-16(14,15)7-9-3-5-10(12-11)6-4-9/h3-6,8,13H,7H2,1-2H3/q+1. The van der Waals surface area contributed by atoms with Gasteiger partial charge in [-0.15, -0.1) is 0 Å². The summed E-state index contributed by atoms with van der Waals surface area (Å²) in [5.74, 6) is -0.0725.